The average molecular weight is 425 g/mol. The van der Waals surface area contributed by atoms with Crippen LogP contribution < -0.4 is 15.4 Å². The number of carboxylic acids is 1. The quantitative estimate of drug-likeness (QED) is 0.633. The summed E-state index contributed by atoms with van der Waals surface area (Å²) < 4.78 is 5.17. The maximum atomic E-state index is 13.0. The van der Waals surface area contributed by atoms with Gasteiger partial charge in [0.15, 0.2) is 0 Å². The van der Waals surface area contributed by atoms with Crippen molar-refractivity contribution < 1.29 is 24.2 Å². The van der Waals surface area contributed by atoms with Gasteiger partial charge in [0.1, 0.15) is 11.4 Å². The van der Waals surface area contributed by atoms with E-state index in [0.717, 1.165) is 31.3 Å². The normalized spacial score (nSPS) is 13.5. The Hall–Kier alpha value is -3.65. The smallest absolute Gasteiger partial charge is 0.300 e. The molecule has 0 aromatic heterocycles. The van der Waals surface area contributed by atoms with Gasteiger partial charge in [-0.15, -0.1) is 0 Å². The van der Waals surface area contributed by atoms with Crippen LogP contribution >= 0.6 is 0 Å². The summed E-state index contributed by atoms with van der Waals surface area (Å²) in [6.45, 7) is 3.79. The van der Waals surface area contributed by atoms with E-state index in [4.69, 9.17) is 14.6 Å². The topological polar surface area (TPSA) is 108 Å². The molecule has 1 aliphatic heterocycles. The number of hydrogen-bond acceptors (Lipinski definition) is 5. The van der Waals surface area contributed by atoms with Crippen molar-refractivity contribution in [3.63, 3.8) is 0 Å². The molecular weight excluding hydrogens is 398 g/mol. The molecule has 31 heavy (non-hydrogen) atoms. The zero-order valence-corrected chi connectivity index (χ0v) is 17.6. The van der Waals surface area contributed by atoms with Gasteiger partial charge in [0.2, 0.25) is 0 Å². The Labute approximate surface area is 181 Å². The molecule has 0 bridgehead atoms. The lowest BCUT2D eigenvalue weighted by Crippen LogP contribution is -2.48. The van der Waals surface area contributed by atoms with Gasteiger partial charge in [0, 0.05) is 38.7 Å². The Morgan fingerprint density at radius 2 is 1.61 bits per heavy atom. The van der Waals surface area contributed by atoms with Gasteiger partial charge in [-0.05, 0) is 35.9 Å². The molecule has 2 aromatic rings. The summed E-state index contributed by atoms with van der Waals surface area (Å²) in [6, 6.07) is 16.2. The number of rotatable bonds is 5. The Balaban J connectivity index is 0.000000785. The van der Waals surface area contributed by atoms with Crippen molar-refractivity contribution >= 4 is 23.9 Å². The summed E-state index contributed by atoms with van der Waals surface area (Å²) in [5.74, 6) is -0.592. The van der Waals surface area contributed by atoms with Gasteiger partial charge in [0.25, 0.3) is 17.8 Å². The van der Waals surface area contributed by atoms with Gasteiger partial charge in [-0.2, -0.15) is 0 Å². The maximum absolute atomic E-state index is 13.0. The molecule has 1 heterocycles. The van der Waals surface area contributed by atoms with Crippen LogP contribution in [0.2, 0.25) is 0 Å². The molecular formula is C23H27N3O5. The number of nitrogens with one attached hydrogen (secondary N) is 2. The molecule has 2 aromatic carbocycles. The average Bonchev–Trinajstić information content (AvgIpc) is 2.79. The first-order valence-electron chi connectivity index (χ1n) is 9.82. The maximum Gasteiger partial charge on any atom is 0.300 e. The van der Waals surface area contributed by atoms with Gasteiger partial charge in [-0.25, -0.2) is 0 Å². The third-order valence-electron chi connectivity index (χ3n) is 4.35. The number of carbonyl (C=O) groups is 3. The number of amides is 2. The molecule has 1 saturated heterocycles. The number of benzene rings is 2. The van der Waals surface area contributed by atoms with E-state index in [2.05, 4.69) is 10.6 Å². The van der Waals surface area contributed by atoms with Crippen LogP contribution in [0.15, 0.2) is 60.3 Å². The monoisotopic (exact) mass is 425 g/mol. The van der Waals surface area contributed by atoms with Gasteiger partial charge in [-0.1, -0.05) is 30.3 Å². The molecule has 0 saturated carbocycles. The Kier molecular flexibility index (Phi) is 9.25. The lowest BCUT2D eigenvalue weighted by molar-refractivity contribution is -0.134. The molecule has 164 valence electrons. The number of methoxy groups -OCH3 is 1. The number of hydrogen-bond donors (Lipinski definition) is 3. The van der Waals surface area contributed by atoms with Crippen molar-refractivity contribution in [3.8, 4) is 5.75 Å². The van der Waals surface area contributed by atoms with E-state index in [1.165, 1.54) is 0 Å². The molecule has 8 heteroatoms. The largest absolute Gasteiger partial charge is 0.497 e. The lowest BCUT2D eigenvalue weighted by atomic mass is 10.1. The number of ether oxygens (including phenoxy) is 1. The van der Waals surface area contributed by atoms with Crippen molar-refractivity contribution in [1.82, 2.24) is 15.5 Å². The molecule has 0 spiro atoms. The van der Waals surface area contributed by atoms with Crippen LogP contribution in [0.3, 0.4) is 0 Å². The molecule has 8 nitrogen and oxygen atoms in total. The van der Waals surface area contributed by atoms with Crippen LogP contribution in [0.25, 0.3) is 6.08 Å². The van der Waals surface area contributed by atoms with E-state index in [9.17, 15) is 9.59 Å². The second kappa shape index (κ2) is 12.1. The van der Waals surface area contributed by atoms with E-state index in [1.54, 1.807) is 42.4 Å². The van der Waals surface area contributed by atoms with Crippen LogP contribution in [-0.4, -0.2) is 61.1 Å². The van der Waals surface area contributed by atoms with Gasteiger partial charge in [-0.3, -0.25) is 14.4 Å². The first kappa shape index (κ1) is 23.6. The van der Waals surface area contributed by atoms with Crippen molar-refractivity contribution in [1.29, 1.82) is 0 Å². The molecule has 3 rings (SSSR count). The predicted octanol–water partition coefficient (Wildman–Crippen LogP) is 1.99. The Morgan fingerprint density at radius 1 is 1.03 bits per heavy atom. The second-order valence-electron chi connectivity index (χ2n) is 6.71. The van der Waals surface area contributed by atoms with Gasteiger partial charge < -0.3 is 25.4 Å². The first-order valence-corrected chi connectivity index (χ1v) is 9.82. The first-order chi connectivity index (χ1) is 14.9. The highest BCUT2D eigenvalue weighted by atomic mass is 16.5. The van der Waals surface area contributed by atoms with Crippen molar-refractivity contribution in [2.24, 2.45) is 0 Å². The van der Waals surface area contributed by atoms with Crippen LogP contribution in [-0.2, 0) is 9.59 Å². The minimum atomic E-state index is -0.833. The van der Waals surface area contributed by atoms with E-state index in [0.29, 0.717) is 18.7 Å². The Bertz CT molecular complexity index is 901. The molecule has 1 aliphatic rings. The summed E-state index contributed by atoms with van der Waals surface area (Å²) in [7, 11) is 1.60. The molecule has 0 aliphatic carbocycles. The summed E-state index contributed by atoms with van der Waals surface area (Å²) >= 11 is 0. The third kappa shape index (κ3) is 7.94. The minimum absolute atomic E-state index is 0.184. The second-order valence-corrected chi connectivity index (χ2v) is 6.71. The van der Waals surface area contributed by atoms with Crippen LogP contribution in [0.5, 0.6) is 5.75 Å². The fourth-order valence-corrected chi connectivity index (χ4v) is 2.84. The predicted molar refractivity (Wildman–Crippen MR) is 118 cm³/mol. The number of aliphatic carboxylic acids is 1. The summed E-state index contributed by atoms with van der Waals surface area (Å²) in [5.41, 5.74) is 1.57. The van der Waals surface area contributed by atoms with Crippen molar-refractivity contribution in [2.75, 3.05) is 33.3 Å². The van der Waals surface area contributed by atoms with Gasteiger partial charge >= 0.3 is 0 Å². The molecule has 0 unspecified atom stereocenters. The van der Waals surface area contributed by atoms with Crippen LogP contribution in [0, 0.1) is 0 Å². The Morgan fingerprint density at radius 3 is 2.16 bits per heavy atom. The minimum Gasteiger partial charge on any atom is -0.497 e. The number of carboxylic acid groups (broad SMARTS) is 1. The van der Waals surface area contributed by atoms with Gasteiger partial charge in [0.05, 0.1) is 7.11 Å². The zero-order valence-electron chi connectivity index (χ0n) is 17.6. The fraction of sp³-hybridized carbons (Fsp3) is 0.261. The SMILES string of the molecule is CC(=O)O.COc1ccc(/C=C(\NC(=O)c2ccccc2)C(=O)N2CCNCC2)cc1. The summed E-state index contributed by atoms with van der Waals surface area (Å²) in [4.78, 5) is 36.3. The standard InChI is InChI=1S/C21H23N3O3.C2H4O2/c1-27-18-9-7-16(8-10-18)15-19(21(26)24-13-11-22-12-14-24)23-20(25)17-5-3-2-4-6-17;1-2(3)4/h2-10,15,22H,11-14H2,1H3,(H,23,25);1H3,(H,3,4)/b19-15-;. The molecule has 0 atom stereocenters. The van der Waals surface area contributed by atoms with E-state index < -0.39 is 5.97 Å². The highest BCUT2D eigenvalue weighted by Crippen LogP contribution is 2.15. The lowest BCUT2D eigenvalue weighted by Gasteiger charge is -2.28. The third-order valence-corrected chi connectivity index (χ3v) is 4.35. The van der Waals surface area contributed by atoms with E-state index in [-0.39, 0.29) is 17.5 Å². The summed E-state index contributed by atoms with van der Waals surface area (Å²) in [5, 5.41) is 13.4. The molecule has 3 N–H and O–H groups in total. The highest BCUT2D eigenvalue weighted by molar-refractivity contribution is 6.05. The fourth-order valence-electron chi connectivity index (χ4n) is 2.84. The summed E-state index contributed by atoms with van der Waals surface area (Å²) in [6.07, 6.45) is 1.70. The molecule has 1 fully saturated rings. The molecule has 2 amide bonds. The zero-order chi connectivity index (χ0) is 22.6. The highest BCUT2D eigenvalue weighted by Gasteiger charge is 2.22. The number of nitrogens with zero attached hydrogens (tertiary/aromatic N) is 1. The van der Waals surface area contributed by atoms with Crippen molar-refractivity contribution in [2.45, 2.75) is 6.92 Å². The van der Waals surface area contributed by atoms with Crippen LogP contribution in [0.1, 0.15) is 22.8 Å². The van der Waals surface area contributed by atoms with E-state index >= 15 is 0 Å². The van der Waals surface area contributed by atoms with Crippen LogP contribution in [0.4, 0.5) is 0 Å². The number of piperazine rings is 1. The number of carbonyl (C=O) groups excluding carboxylic acids is 2. The van der Waals surface area contributed by atoms with Crippen molar-refractivity contribution in [3.05, 3.63) is 71.4 Å². The van der Waals surface area contributed by atoms with E-state index in [1.807, 2.05) is 30.3 Å². The molecule has 0 radical (unpaired) electrons.